The summed E-state index contributed by atoms with van der Waals surface area (Å²) < 4.78 is 0. The van der Waals surface area contributed by atoms with E-state index >= 15 is 0 Å². The quantitative estimate of drug-likeness (QED) is 0.237. The first-order chi connectivity index (χ1) is 17.2. The van der Waals surface area contributed by atoms with E-state index in [1.807, 2.05) is 54.6 Å². The number of nitrogens with zero attached hydrogens (tertiary/aromatic N) is 1. The fourth-order valence-electron chi connectivity index (χ4n) is 3.56. The molecular formula is C27H29N5O3. The number of aldehydes is 1. The van der Waals surface area contributed by atoms with Gasteiger partial charge in [-0.2, -0.15) is 5.10 Å². The van der Waals surface area contributed by atoms with Gasteiger partial charge >= 0.3 is 0 Å². The lowest BCUT2D eigenvalue weighted by Gasteiger charge is -2.17. The SMILES string of the molecule is CN.O=CCc1ccc(NC(=O)c2[nH]ncc2CNc2ccccc2C(O)c2ccccc2)cc1. The van der Waals surface area contributed by atoms with E-state index in [9.17, 15) is 14.7 Å². The molecule has 1 amide bonds. The number of aromatic nitrogens is 2. The van der Waals surface area contributed by atoms with Crippen LogP contribution in [0.2, 0.25) is 0 Å². The average Bonchev–Trinajstić information content (AvgIpc) is 3.39. The summed E-state index contributed by atoms with van der Waals surface area (Å²) in [5.74, 6) is -0.315. The van der Waals surface area contributed by atoms with Gasteiger partial charge in [0.1, 0.15) is 18.1 Å². The number of aliphatic hydroxyl groups excluding tert-OH is 1. The minimum absolute atomic E-state index is 0.315. The molecule has 0 saturated heterocycles. The Hall–Kier alpha value is -4.27. The van der Waals surface area contributed by atoms with Crippen molar-refractivity contribution in [2.24, 2.45) is 5.73 Å². The molecule has 0 aliphatic heterocycles. The Morgan fingerprint density at radius 3 is 2.43 bits per heavy atom. The second kappa shape index (κ2) is 12.8. The molecule has 8 heteroatoms. The number of nitrogens with two attached hydrogens (primary N) is 1. The number of aromatic amines is 1. The number of hydrogen-bond donors (Lipinski definition) is 5. The molecule has 4 aromatic rings. The van der Waals surface area contributed by atoms with Crippen molar-refractivity contribution < 1.29 is 14.7 Å². The number of benzene rings is 3. The highest BCUT2D eigenvalue weighted by atomic mass is 16.3. The molecule has 1 aromatic heterocycles. The number of H-pyrrole nitrogens is 1. The molecule has 0 spiro atoms. The minimum atomic E-state index is -0.774. The summed E-state index contributed by atoms with van der Waals surface area (Å²) in [4.78, 5) is 23.4. The highest BCUT2D eigenvalue weighted by Gasteiger charge is 2.17. The van der Waals surface area contributed by atoms with Crippen molar-refractivity contribution >= 4 is 23.6 Å². The average molecular weight is 472 g/mol. The third kappa shape index (κ3) is 6.63. The lowest BCUT2D eigenvalue weighted by atomic mass is 10.00. The number of carbonyl (C=O) groups excluding carboxylic acids is 2. The first-order valence-corrected chi connectivity index (χ1v) is 11.2. The number of carbonyl (C=O) groups is 2. The first-order valence-electron chi connectivity index (χ1n) is 11.2. The molecule has 6 N–H and O–H groups in total. The van der Waals surface area contributed by atoms with Crippen molar-refractivity contribution in [3.8, 4) is 0 Å². The van der Waals surface area contributed by atoms with E-state index in [1.54, 1.807) is 30.5 Å². The summed E-state index contributed by atoms with van der Waals surface area (Å²) in [6.07, 6.45) is 2.01. The minimum Gasteiger partial charge on any atom is -0.384 e. The van der Waals surface area contributed by atoms with Crippen LogP contribution >= 0.6 is 0 Å². The number of amides is 1. The van der Waals surface area contributed by atoms with Gasteiger partial charge in [-0.1, -0.05) is 60.7 Å². The fourth-order valence-corrected chi connectivity index (χ4v) is 3.56. The van der Waals surface area contributed by atoms with E-state index in [1.165, 1.54) is 7.05 Å². The number of hydrogen-bond acceptors (Lipinski definition) is 6. The predicted molar refractivity (Wildman–Crippen MR) is 137 cm³/mol. The Morgan fingerprint density at radius 2 is 1.71 bits per heavy atom. The van der Waals surface area contributed by atoms with Gasteiger partial charge in [0.25, 0.3) is 5.91 Å². The van der Waals surface area contributed by atoms with Gasteiger partial charge in [0, 0.05) is 35.5 Å². The normalized spacial score (nSPS) is 11.1. The van der Waals surface area contributed by atoms with Gasteiger partial charge in [-0.15, -0.1) is 0 Å². The second-order valence-corrected chi connectivity index (χ2v) is 7.55. The van der Waals surface area contributed by atoms with Crippen LogP contribution < -0.4 is 16.4 Å². The van der Waals surface area contributed by atoms with Crippen molar-refractivity contribution in [3.05, 3.63) is 113 Å². The zero-order chi connectivity index (χ0) is 25.0. The second-order valence-electron chi connectivity index (χ2n) is 7.55. The van der Waals surface area contributed by atoms with Crippen LogP contribution in [0.5, 0.6) is 0 Å². The fraction of sp³-hybridized carbons (Fsp3) is 0.148. The monoisotopic (exact) mass is 471 g/mol. The van der Waals surface area contributed by atoms with Gasteiger partial charge < -0.3 is 26.3 Å². The summed E-state index contributed by atoms with van der Waals surface area (Å²) in [5.41, 5.74) is 9.36. The maximum atomic E-state index is 12.8. The molecule has 1 atom stereocenters. The van der Waals surface area contributed by atoms with Crippen molar-refractivity contribution in [2.75, 3.05) is 17.7 Å². The van der Waals surface area contributed by atoms with Crippen LogP contribution in [0.4, 0.5) is 11.4 Å². The van der Waals surface area contributed by atoms with Crippen molar-refractivity contribution in [2.45, 2.75) is 19.1 Å². The molecule has 0 saturated carbocycles. The molecular weight excluding hydrogens is 442 g/mol. The Labute approximate surface area is 204 Å². The topological polar surface area (TPSA) is 133 Å². The maximum Gasteiger partial charge on any atom is 0.274 e. The third-order valence-electron chi connectivity index (χ3n) is 5.32. The van der Waals surface area contributed by atoms with Gasteiger partial charge in [0.05, 0.1) is 6.20 Å². The Bertz CT molecular complexity index is 1220. The lowest BCUT2D eigenvalue weighted by Crippen LogP contribution is -2.16. The van der Waals surface area contributed by atoms with Crippen LogP contribution in [0.3, 0.4) is 0 Å². The third-order valence-corrected chi connectivity index (χ3v) is 5.32. The molecule has 0 aliphatic carbocycles. The van der Waals surface area contributed by atoms with Gasteiger partial charge in [-0.3, -0.25) is 9.89 Å². The highest BCUT2D eigenvalue weighted by Crippen LogP contribution is 2.28. The molecule has 0 aliphatic rings. The molecule has 1 unspecified atom stereocenters. The van der Waals surface area contributed by atoms with Crippen molar-refractivity contribution in [1.82, 2.24) is 10.2 Å². The van der Waals surface area contributed by atoms with Gasteiger partial charge in [-0.05, 0) is 36.4 Å². The summed E-state index contributed by atoms with van der Waals surface area (Å²) in [6, 6.07) is 24.1. The number of para-hydroxylation sites is 1. The Kier molecular flexibility index (Phi) is 9.30. The molecule has 3 aromatic carbocycles. The Morgan fingerprint density at radius 1 is 1.03 bits per heavy atom. The first kappa shape index (κ1) is 25.4. The van der Waals surface area contributed by atoms with Crippen LogP contribution in [0.1, 0.15) is 38.8 Å². The molecule has 35 heavy (non-hydrogen) atoms. The van der Waals surface area contributed by atoms with Crippen LogP contribution in [-0.2, 0) is 17.8 Å². The number of anilines is 2. The summed E-state index contributed by atoms with van der Waals surface area (Å²) >= 11 is 0. The molecule has 0 radical (unpaired) electrons. The van der Waals surface area contributed by atoms with Crippen LogP contribution in [0.15, 0.2) is 85.1 Å². The Balaban J connectivity index is 0.00000167. The van der Waals surface area contributed by atoms with Crippen molar-refractivity contribution in [1.29, 1.82) is 0 Å². The standard InChI is InChI=1S/C26H24N4O3.CH5N/c31-15-14-18-10-12-21(13-11-18)29-26(33)24-20(17-28-30-24)16-27-23-9-5-4-8-22(23)25(32)19-6-2-1-3-7-19;1-2/h1-13,15,17,25,27,32H,14,16H2,(H,28,30)(H,29,33);2H2,1H3. The van der Waals surface area contributed by atoms with Crippen LogP contribution in [-0.4, -0.2) is 34.5 Å². The summed E-state index contributed by atoms with van der Waals surface area (Å²) in [6.45, 7) is 0.343. The van der Waals surface area contributed by atoms with Gasteiger partial charge in [0.15, 0.2) is 0 Å². The number of nitrogens with one attached hydrogen (secondary N) is 3. The number of rotatable bonds is 9. The van der Waals surface area contributed by atoms with Crippen LogP contribution in [0.25, 0.3) is 0 Å². The van der Waals surface area contributed by atoms with Crippen molar-refractivity contribution in [3.63, 3.8) is 0 Å². The van der Waals surface area contributed by atoms with E-state index in [0.717, 1.165) is 28.7 Å². The highest BCUT2D eigenvalue weighted by molar-refractivity contribution is 6.03. The zero-order valence-electron chi connectivity index (χ0n) is 19.4. The van der Waals surface area contributed by atoms with Gasteiger partial charge in [0.2, 0.25) is 0 Å². The van der Waals surface area contributed by atoms with E-state index < -0.39 is 6.10 Å². The van der Waals surface area contributed by atoms with E-state index in [2.05, 4.69) is 26.6 Å². The molecule has 8 nitrogen and oxygen atoms in total. The van der Waals surface area contributed by atoms with E-state index in [0.29, 0.717) is 29.9 Å². The summed E-state index contributed by atoms with van der Waals surface area (Å²) in [5, 5.41) is 23.8. The number of aliphatic hydroxyl groups is 1. The molecule has 0 fully saturated rings. The lowest BCUT2D eigenvalue weighted by molar-refractivity contribution is -0.107. The zero-order valence-corrected chi connectivity index (χ0v) is 19.4. The van der Waals surface area contributed by atoms with Crippen LogP contribution in [0, 0.1) is 0 Å². The largest absolute Gasteiger partial charge is 0.384 e. The molecule has 180 valence electrons. The van der Waals surface area contributed by atoms with Gasteiger partial charge in [-0.25, -0.2) is 0 Å². The van der Waals surface area contributed by atoms with E-state index in [-0.39, 0.29) is 5.91 Å². The molecule has 0 bridgehead atoms. The molecule has 4 rings (SSSR count). The predicted octanol–water partition coefficient (Wildman–Crippen LogP) is 3.67. The van der Waals surface area contributed by atoms with E-state index in [4.69, 9.17) is 0 Å². The summed E-state index contributed by atoms with van der Waals surface area (Å²) in [7, 11) is 1.50. The smallest absolute Gasteiger partial charge is 0.274 e. The maximum absolute atomic E-state index is 12.8. The molecule has 1 heterocycles.